The van der Waals surface area contributed by atoms with Crippen molar-refractivity contribution in [1.82, 2.24) is 9.80 Å². The molecule has 0 unspecified atom stereocenters. The number of rotatable bonds is 6. The number of benzene rings is 2. The summed E-state index contributed by atoms with van der Waals surface area (Å²) >= 11 is 0. The van der Waals surface area contributed by atoms with Gasteiger partial charge in [-0.2, -0.15) is 0 Å². The van der Waals surface area contributed by atoms with Crippen molar-refractivity contribution < 1.29 is 18.7 Å². The number of hydrogen-bond acceptors (Lipinski definition) is 4. The van der Waals surface area contributed by atoms with Gasteiger partial charge < -0.3 is 14.4 Å². The first-order valence-corrected chi connectivity index (χ1v) is 8.50. The molecule has 5 nitrogen and oxygen atoms in total. The molecule has 2 aromatic carbocycles. The molecule has 0 spiro atoms. The Morgan fingerprint density at radius 1 is 1.12 bits per heavy atom. The maximum atomic E-state index is 13.2. The number of carbonyl (C=O) groups is 1. The van der Waals surface area contributed by atoms with Crippen LogP contribution in [0, 0.1) is 5.82 Å². The maximum Gasteiger partial charge on any atom is 0.244 e. The van der Waals surface area contributed by atoms with Gasteiger partial charge in [-0.25, -0.2) is 4.39 Å². The van der Waals surface area contributed by atoms with Gasteiger partial charge in [0.15, 0.2) is 11.5 Å². The van der Waals surface area contributed by atoms with E-state index in [-0.39, 0.29) is 17.8 Å². The second kappa shape index (κ2) is 7.74. The second-order valence-electron chi connectivity index (χ2n) is 6.55. The molecule has 6 heteroatoms. The first-order chi connectivity index (χ1) is 12.5. The zero-order valence-electron chi connectivity index (χ0n) is 15.2. The van der Waals surface area contributed by atoms with Gasteiger partial charge in [-0.05, 0) is 43.9 Å². The highest BCUT2D eigenvalue weighted by Crippen LogP contribution is 2.30. The van der Waals surface area contributed by atoms with Crippen LogP contribution in [0.25, 0.3) is 0 Å². The Morgan fingerprint density at radius 3 is 2.31 bits per heavy atom. The van der Waals surface area contributed by atoms with Crippen LogP contribution in [0.15, 0.2) is 48.5 Å². The van der Waals surface area contributed by atoms with Crippen LogP contribution in [0.3, 0.4) is 0 Å². The monoisotopic (exact) mass is 358 g/mol. The van der Waals surface area contributed by atoms with Gasteiger partial charge >= 0.3 is 0 Å². The first-order valence-electron chi connectivity index (χ1n) is 8.50. The van der Waals surface area contributed by atoms with Crippen LogP contribution in [0.1, 0.15) is 11.6 Å². The summed E-state index contributed by atoms with van der Waals surface area (Å²) in [4.78, 5) is 16.5. The third kappa shape index (κ3) is 3.80. The van der Waals surface area contributed by atoms with Crippen molar-refractivity contribution in [2.45, 2.75) is 12.1 Å². The largest absolute Gasteiger partial charge is 0.493 e. The summed E-state index contributed by atoms with van der Waals surface area (Å²) in [6, 6.07) is 13.1. The summed E-state index contributed by atoms with van der Waals surface area (Å²) < 4.78 is 24.4. The summed E-state index contributed by atoms with van der Waals surface area (Å²) in [7, 11) is 5.28. The van der Waals surface area contributed by atoms with Crippen LogP contribution < -0.4 is 9.47 Å². The van der Waals surface area contributed by atoms with E-state index in [1.807, 2.05) is 43.3 Å². The van der Waals surface area contributed by atoms with Gasteiger partial charge in [-0.3, -0.25) is 9.69 Å². The zero-order valence-corrected chi connectivity index (χ0v) is 15.2. The molecule has 0 saturated carbocycles. The summed E-state index contributed by atoms with van der Waals surface area (Å²) in [5, 5.41) is 0. The van der Waals surface area contributed by atoms with E-state index in [0.29, 0.717) is 24.6 Å². The van der Waals surface area contributed by atoms with E-state index in [1.165, 1.54) is 12.1 Å². The van der Waals surface area contributed by atoms with Crippen LogP contribution in [0.2, 0.25) is 0 Å². The number of likely N-dealkylation sites (N-methyl/N-ethyl adjacent to an activating group) is 1. The molecular weight excluding hydrogens is 335 g/mol. The third-order valence-electron chi connectivity index (χ3n) is 4.46. The molecule has 3 rings (SSSR count). The van der Waals surface area contributed by atoms with E-state index in [1.54, 1.807) is 24.1 Å². The zero-order chi connectivity index (χ0) is 18.7. The Bertz CT molecular complexity index is 758. The molecule has 1 aliphatic rings. The van der Waals surface area contributed by atoms with Crippen molar-refractivity contribution in [2.24, 2.45) is 0 Å². The molecule has 1 saturated heterocycles. The number of methoxy groups -OCH3 is 1. The number of likely N-dealkylation sites (tertiary alicyclic amines) is 1. The molecule has 1 atom stereocenters. The fourth-order valence-electron chi connectivity index (χ4n) is 3.07. The van der Waals surface area contributed by atoms with Crippen LogP contribution >= 0.6 is 0 Å². The van der Waals surface area contributed by atoms with Gasteiger partial charge in [0.05, 0.1) is 20.2 Å². The highest BCUT2D eigenvalue weighted by molar-refractivity contribution is 5.84. The van der Waals surface area contributed by atoms with Gasteiger partial charge in [0.25, 0.3) is 0 Å². The quantitative estimate of drug-likeness (QED) is 0.796. The topological polar surface area (TPSA) is 42.0 Å². The van der Waals surface area contributed by atoms with E-state index in [9.17, 15) is 9.18 Å². The molecule has 0 radical (unpaired) electrons. The molecular formula is C20H23FN2O3. The fraction of sp³-hybridized carbons (Fsp3) is 0.350. The van der Waals surface area contributed by atoms with Gasteiger partial charge in [-0.15, -0.1) is 0 Å². The highest BCUT2D eigenvalue weighted by atomic mass is 19.1. The van der Waals surface area contributed by atoms with E-state index in [0.717, 1.165) is 5.56 Å². The molecule has 0 aromatic heterocycles. The Hall–Kier alpha value is -2.60. The average Bonchev–Trinajstić information content (AvgIpc) is 2.59. The van der Waals surface area contributed by atoms with E-state index < -0.39 is 6.04 Å². The van der Waals surface area contributed by atoms with Crippen LogP contribution in [-0.4, -0.2) is 56.1 Å². The first kappa shape index (κ1) is 18.2. The van der Waals surface area contributed by atoms with Gasteiger partial charge in [0, 0.05) is 0 Å². The SMILES string of the molecule is COc1ccccc1OC1CN(C(=O)[C@@H](c2ccc(F)cc2)N(C)C)C1. The van der Waals surface area contributed by atoms with Gasteiger partial charge in [-0.1, -0.05) is 24.3 Å². The smallest absolute Gasteiger partial charge is 0.244 e. The minimum atomic E-state index is -0.442. The number of amides is 1. The second-order valence-corrected chi connectivity index (χ2v) is 6.55. The molecule has 0 aliphatic carbocycles. The van der Waals surface area contributed by atoms with Crippen molar-refractivity contribution in [2.75, 3.05) is 34.3 Å². The molecule has 0 bridgehead atoms. The predicted octanol–water partition coefficient (Wildman–Crippen LogP) is 2.73. The van der Waals surface area contributed by atoms with Gasteiger partial charge in [0.1, 0.15) is 18.0 Å². The molecule has 1 amide bonds. The van der Waals surface area contributed by atoms with Crippen LogP contribution in [-0.2, 0) is 4.79 Å². The fourth-order valence-corrected chi connectivity index (χ4v) is 3.07. The lowest BCUT2D eigenvalue weighted by Crippen LogP contribution is -2.58. The number of nitrogens with zero attached hydrogens (tertiary/aromatic N) is 2. The Kier molecular flexibility index (Phi) is 5.42. The minimum Gasteiger partial charge on any atom is -0.493 e. The number of hydrogen-bond donors (Lipinski definition) is 0. The van der Waals surface area contributed by atoms with Crippen molar-refractivity contribution in [1.29, 1.82) is 0 Å². The molecule has 0 N–H and O–H groups in total. The lowest BCUT2D eigenvalue weighted by Gasteiger charge is -2.41. The molecule has 1 heterocycles. The van der Waals surface area contributed by atoms with E-state index in [2.05, 4.69) is 0 Å². The number of ether oxygens (including phenoxy) is 2. The van der Waals surface area contributed by atoms with Crippen LogP contribution in [0.5, 0.6) is 11.5 Å². The average molecular weight is 358 g/mol. The maximum absolute atomic E-state index is 13.2. The summed E-state index contributed by atoms with van der Waals surface area (Å²) in [5.41, 5.74) is 0.774. The number of halogens is 1. The normalized spacial score (nSPS) is 15.5. The van der Waals surface area contributed by atoms with Crippen molar-refractivity contribution in [3.05, 3.63) is 59.9 Å². The predicted molar refractivity (Wildman–Crippen MR) is 96.8 cm³/mol. The van der Waals surface area contributed by atoms with E-state index in [4.69, 9.17) is 9.47 Å². The van der Waals surface area contributed by atoms with Crippen molar-refractivity contribution in [3.63, 3.8) is 0 Å². The molecule has 1 aliphatic heterocycles. The van der Waals surface area contributed by atoms with Crippen LogP contribution in [0.4, 0.5) is 4.39 Å². The van der Waals surface area contributed by atoms with Gasteiger partial charge in [0.2, 0.25) is 5.91 Å². The summed E-state index contributed by atoms with van der Waals surface area (Å²) in [6.45, 7) is 1.03. The van der Waals surface area contributed by atoms with Crippen molar-refractivity contribution in [3.8, 4) is 11.5 Å². The molecule has 138 valence electrons. The molecule has 1 fully saturated rings. The Morgan fingerprint density at radius 2 is 1.73 bits per heavy atom. The lowest BCUT2D eigenvalue weighted by molar-refractivity contribution is -0.145. The highest BCUT2D eigenvalue weighted by Gasteiger charge is 2.37. The third-order valence-corrected chi connectivity index (χ3v) is 4.46. The van der Waals surface area contributed by atoms with E-state index >= 15 is 0 Å². The Balaban J connectivity index is 1.63. The summed E-state index contributed by atoms with van der Waals surface area (Å²) in [6.07, 6.45) is -0.0636. The van der Waals surface area contributed by atoms with Crippen molar-refractivity contribution >= 4 is 5.91 Å². The molecule has 2 aromatic rings. The Labute approximate surface area is 152 Å². The number of carbonyl (C=O) groups excluding carboxylic acids is 1. The minimum absolute atomic E-state index is 0.0125. The molecule has 26 heavy (non-hydrogen) atoms. The standard InChI is InChI=1S/C20H23FN2O3/c1-22(2)19(14-8-10-15(21)11-9-14)20(24)23-12-16(13-23)26-18-7-5-4-6-17(18)25-3/h4-11,16,19H,12-13H2,1-3H3/t19-/m1/s1. The number of para-hydroxylation sites is 2. The summed E-state index contributed by atoms with van der Waals surface area (Å²) in [5.74, 6) is 1.03. The lowest BCUT2D eigenvalue weighted by atomic mass is 10.0.